The molecule has 0 saturated heterocycles. The number of carboxylic acids is 2. The molecule has 1 aromatic heterocycles. The van der Waals surface area contributed by atoms with Crippen molar-refractivity contribution < 1.29 is 38.4 Å². The molecule has 33 heavy (non-hydrogen) atoms. The average Bonchev–Trinajstić information content (AvgIpc) is 2.68. The van der Waals surface area contributed by atoms with Crippen molar-refractivity contribution in [2.75, 3.05) is 25.7 Å². The van der Waals surface area contributed by atoms with Crippen molar-refractivity contribution in [2.24, 2.45) is 5.73 Å². The lowest BCUT2D eigenvalue weighted by Gasteiger charge is -2.11. The Morgan fingerprint density at radius 1 is 1.30 bits per heavy atom. The molecule has 0 saturated carbocycles. The van der Waals surface area contributed by atoms with Gasteiger partial charge in [-0.1, -0.05) is 23.2 Å². The molecule has 0 aliphatic rings. The summed E-state index contributed by atoms with van der Waals surface area (Å²) in [6, 6.07) is 3.00. The molecule has 10 N–H and O–H groups in total. The van der Waals surface area contributed by atoms with Gasteiger partial charge in [-0.05, 0) is 24.6 Å². The Morgan fingerprint density at radius 2 is 1.88 bits per heavy atom. The predicted octanol–water partition coefficient (Wildman–Crippen LogP) is 3.33. The standard InChI is InChI=1S/C13H9Cl2FN2O3.C5H12NO4P.H3N/c1-21-12-6(14)3-2-5(10(12)16)8-4-7(17)9(15)11(18-8)13(19)20;1-11(9,10)3-2-4(6)5(7)8;/h2-4H,1H3,(H2,17,18)(H,19,20);4H,2-3,6H2,1H3,(H,7,8)(H,9,10);1H3. The van der Waals surface area contributed by atoms with Gasteiger partial charge in [-0.3, -0.25) is 9.36 Å². The second-order valence-corrected chi connectivity index (χ2v) is 9.85. The summed E-state index contributed by atoms with van der Waals surface area (Å²) in [5.74, 6) is -3.44. The van der Waals surface area contributed by atoms with Gasteiger partial charge in [0, 0.05) is 18.4 Å². The molecular formula is C18H24Cl2FN4O7P. The number of pyridine rings is 1. The minimum absolute atomic E-state index is 0. The Morgan fingerprint density at radius 3 is 2.33 bits per heavy atom. The van der Waals surface area contributed by atoms with E-state index in [0.29, 0.717) is 0 Å². The van der Waals surface area contributed by atoms with E-state index >= 15 is 0 Å². The molecule has 2 rings (SSSR count). The number of aromatic nitrogens is 1. The van der Waals surface area contributed by atoms with Gasteiger partial charge >= 0.3 is 11.9 Å². The lowest BCUT2D eigenvalue weighted by molar-refractivity contribution is -0.138. The number of carbonyl (C=O) groups is 2. The third-order valence-electron chi connectivity index (χ3n) is 3.89. The van der Waals surface area contributed by atoms with Gasteiger partial charge in [0.2, 0.25) is 0 Å². The average molecular weight is 529 g/mol. The Kier molecular flexibility index (Phi) is 11.7. The monoisotopic (exact) mass is 528 g/mol. The summed E-state index contributed by atoms with van der Waals surface area (Å²) in [7, 11) is -1.84. The van der Waals surface area contributed by atoms with Crippen LogP contribution in [-0.4, -0.2) is 58.0 Å². The molecule has 2 unspecified atom stereocenters. The summed E-state index contributed by atoms with van der Waals surface area (Å²) in [6.07, 6.45) is 0.0000772. The van der Waals surface area contributed by atoms with E-state index in [0.717, 1.165) is 0 Å². The summed E-state index contributed by atoms with van der Waals surface area (Å²) in [6.45, 7) is 1.18. The number of benzene rings is 1. The number of halogens is 3. The molecule has 0 radical (unpaired) electrons. The summed E-state index contributed by atoms with van der Waals surface area (Å²) < 4.78 is 29.8. The maximum atomic E-state index is 14.3. The SMILES string of the molecule is COc1c(Cl)ccc(-c2cc(N)c(Cl)c(C(=O)O)n2)c1F.CP(=O)(O)CCC(N)C(=O)O.N. The summed E-state index contributed by atoms with van der Waals surface area (Å²) in [5, 5.41) is 17.2. The molecule has 0 fully saturated rings. The molecule has 1 aromatic carbocycles. The van der Waals surface area contributed by atoms with Crippen LogP contribution in [-0.2, 0) is 9.36 Å². The Hall–Kier alpha value is -2.47. The normalized spacial score (nSPS) is 12.9. The van der Waals surface area contributed by atoms with E-state index in [4.69, 9.17) is 54.5 Å². The fourth-order valence-electron chi connectivity index (χ4n) is 2.25. The highest BCUT2D eigenvalue weighted by Crippen LogP contribution is 2.36. The maximum Gasteiger partial charge on any atom is 0.356 e. The van der Waals surface area contributed by atoms with Crippen LogP contribution < -0.4 is 22.4 Å². The highest BCUT2D eigenvalue weighted by Gasteiger charge is 2.20. The van der Waals surface area contributed by atoms with Crippen LogP contribution in [0.3, 0.4) is 0 Å². The molecule has 11 nitrogen and oxygen atoms in total. The van der Waals surface area contributed by atoms with Crippen LogP contribution in [0.4, 0.5) is 10.1 Å². The van der Waals surface area contributed by atoms with E-state index < -0.39 is 36.9 Å². The number of carboxylic acid groups (broad SMARTS) is 2. The number of aromatic carboxylic acids is 1. The number of aliphatic carboxylic acids is 1. The Bertz CT molecular complexity index is 1070. The van der Waals surface area contributed by atoms with Crippen molar-refractivity contribution in [2.45, 2.75) is 12.5 Å². The summed E-state index contributed by atoms with van der Waals surface area (Å²) >= 11 is 11.6. The summed E-state index contributed by atoms with van der Waals surface area (Å²) in [4.78, 5) is 33.8. The minimum Gasteiger partial charge on any atom is -0.492 e. The quantitative estimate of drug-likeness (QED) is 0.285. The number of nitrogen functional groups attached to an aromatic ring is 1. The third kappa shape index (κ3) is 8.77. The van der Waals surface area contributed by atoms with Gasteiger partial charge in [0.15, 0.2) is 24.6 Å². The predicted molar refractivity (Wildman–Crippen MR) is 123 cm³/mol. The number of nitrogens with zero attached hydrogens (tertiary/aromatic N) is 1. The van der Waals surface area contributed by atoms with Gasteiger partial charge < -0.3 is 37.5 Å². The topological polar surface area (TPSA) is 221 Å². The molecule has 184 valence electrons. The van der Waals surface area contributed by atoms with Crippen molar-refractivity contribution in [1.82, 2.24) is 11.1 Å². The molecule has 15 heteroatoms. The fourth-order valence-corrected chi connectivity index (χ4v) is 3.41. The first-order valence-electron chi connectivity index (χ1n) is 8.68. The van der Waals surface area contributed by atoms with E-state index in [1.807, 2.05) is 0 Å². The smallest absolute Gasteiger partial charge is 0.356 e. The molecule has 2 aromatic rings. The first kappa shape index (κ1) is 30.5. The molecule has 0 aliphatic heterocycles. The largest absolute Gasteiger partial charge is 0.492 e. The van der Waals surface area contributed by atoms with Crippen molar-refractivity contribution >= 4 is 48.2 Å². The zero-order valence-corrected chi connectivity index (χ0v) is 20.0. The third-order valence-corrected chi connectivity index (χ3v) is 5.67. The zero-order valence-electron chi connectivity index (χ0n) is 17.6. The minimum atomic E-state index is -3.10. The van der Waals surface area contributed by atoms with Gasteiger partial charge in [-0.15, -0.1) is 0 Å². The van der Waals surface area contributed by atoms with E-state index in [-0.39, 0.29) is 51.5 Å². The first-order valence-corrected chi connectivity index (χ1v) is 11.7. The molecule has 0 aliphatic carbocycles. The maximum absolute atomic E-state index is 14.3. The van der Waals surface area contributed by atoms with Crippen LogP contribution in [0, 0.1) is 5.82 Å². The van der Waals surface area contributed by atoms with E-state index in [1.54, 1.807) is 0 Å². The molecule has 0 bridgehead atoms. The van der Waals surface area contributed by atoms with Gasteiger partial charge in [-0.25, -0.2) is 14.2 Å². The van der Waals surface area contributed by atoms with Crippen molar-refractivity contribution in [3.05, 3.63) is 39.8 Å². The van der Waals surface area contributed by atoms with Crippen molar-refractivity contribution in [1.29, 1.82) is 0 Å². The Labute approximate surface area is 198 Å². The van der Waals surface area contributed by atoms with Crippen LogP contribution in [0.2, 0.25) is 10.0 Å². The van der Waals surface area contributed by atoms with Crippen LogP contribution in [0.1, 0.15) is 16.9 Å². The fraction of sp³-hybridized carbons (Fsp3) is 0.278. The number of methoxy groups -OCH3 is 1. The van der Waals surface area contributed by atoms with Gasteiger partial charge in [0.1, 0.15) is 6.04 Å². The number of anilines is 1. The van der Waals surface area contributed by atoms with E-state index in [2.05, 4.69) is 4.98 Å². The molecule has 0 spiro atoms. The molecule has 2 atom stereocenters. The lowest BCUT2D eigenvalue weighted by Crippen LogP contribution is -2.30. The van der Waals surface area contributed by atoms with E-state index in [1.165, 1.54) is 32.0 Å². The lowest BCUT2D eigenvalue weighted by atomic mass is 10.1. The number of hydrogen-bond donors (Lipinski definition) is 6. The van der Waals surface area contributed by atoms with Crippen molar-refractivity contribution in [3.8, 4) is 17.0 Å². The summed E-state index contributed by atoms with van der Waals surface area (Å²) in [5.41, 5.74) is 10.3. The number of nitrogens with two attached hydrogens (primary N) is 2. The Balaban J connectivity index is 0.000000732. The second-order valence-electron chi connectivity index (χ2n) is 6.51. The highest BCUT2D eigenvalue weighted by molar-refractivity contribution is 7.57. The zero-order chi connectivity index (χ0) is 24.8. The van der Waals surface area contributed by atoms with Crippen LogP contribution in [0.5, 0.6) is 5.75 Å². The van der Waals surface area contributed by atoms with Crippen LogP contribution >= 0.6 is 30.6 Å². The van der Waals surface area contributed by atoms with Gasteiger partial charge in [0.05, 0.1) is 28.5 Å². The molecule has 0 amide bonds. The highest BCUT2D eigenvalue weighted by atomic mass is 35.5. The van der Waals surface area contributed by atoms with Crippen molar-refractivity contribution in [3.63, 3.8) is 0 Å². The molecule has 1 heterocycles. The van der Waals surface area contributed by atoms with E-state index in [9.17, 15) is 18.5 Å². The number of rotatable bonds is 7. The van der Waals surface area contributed by atoms with Gasteiger partial charge in [-0.2, -0.15) is 0 Å². The van der Waals surface area contributed by atoms with Crippen LogP contribution in [0.15, 0.2) is 18.2 Å². The van der Waals surface area contributed by atoms with Gasteiger partial charge in [0.25, 0.3) is 0 Å². The number of hydrogen-bond acceptors (Lipinski definition) is 8. The number of ether oxygens (including phenoxy) is 1. The second kappa shape index (κ2) is 12.7. The van der Waals surface area contributed by atoms with Crippen LogP contribution in [0.25, 0.3) is 11.3 Å². The first-order chi connectivity index (χ1) is 14.7. The molecular weight excluding hydrogens is 505 g/mol.